The Morgan fingerprint density at radius 3 is 2.74 bits per heavy atom. The number of hydrogen-bond donors (Lipinski definition) is 1. The van der Waals surface area contributed by atoms with E-state index in [0.29, 0.717) is 24.1 Å². The minimum absolute atomic E-state index is 0.369. The smallest absolute Gasteiger partial charge is 0.229 e. The lowest BCUT2D eigenvalue weighted by Crippen LogP contribution is -2.25. The molecule has 1 aromatic rings. The fourth-order valence-corrected chi connectivity index (χ4v) is 2.63. The zero-order valence-corrected chi connectivity index (χ0v) is 12.1. The summed E-state index contributed by atoms with van der Waals surface area (Å²) in [5, 5.41) is 14.2. The van der Waals surface area contributed by atoms with Gasteiger partial charge in [0, 0.05) is 7.11 Å². The van der Waals surface area contributed by atoms with Crippen molar-refractivity contribution in [1.29, 1.82) is 0 Å². The zero-order chi connectivity index (χ0) is 13.9. The molecule has 1 N–H and O–H groups in total. The van der Waals surface area contributed by atoms with Crippen LogP contribution in [0.15, 0.2) is 4.52 Å². The lowest BCUT2D eigenvalue weighted by Gasteiger charge is -2.21. The van der Waals surface area contributed by atoms with Crippen LogP contribution in [0.3, 0.4) is 0 Å². The van der Waals surface area contributed by atoms with Crippen LogP contribution in [-0.2, 0) is 16.8 Å². The summed E-state index contributed by atoms with van der Waals surface area (Å²) in [5.41, 5.74) is -0.514. The molecule has 0 amide bonds. The summed E-state index contributed by atoms with van der Waals surface area (Å²) in [7, 11) is 1.65. The standard InChI is InChI=1S/C14H24N2O3/c1-4-14(2,18-3)13-15-12(19-16-13)9-11(17)10-7-5-6-8-10/h10-11,17H,4-9H2,1-3H3. The normalized spacial score (nSPS) is 21.5. The van der Waals surface area contributed by atoms with E-state index in [1.165, 1.54) is 12.8 Å². The van der Waals surface area contributed by atoms with Crippen LogP contribution in [0.1, 0.15) is 57.7 Å². The van der Waals surface area contributed by atoms with Crippen LogP contribution < -0.4 is 0 Å². The van der Waals surface area contributed by atoms with Gasteiger partial charge in [-0.2, -0.15) is 4.98 Å². The van der Waals surface area contributed by atoms with Crippen LogP contribution in [0.5, 0.6) is 0 Å². The molecule has 2 rings (SSSR count). The average molecular weight is 268 g/mol. The minimum Gasteiger partial charge on any atom is -0.392 e. The van der Waals surface area contributed by atoms with E-state index >= 15 is 0 Å². The second-order valence-corrected chi connectivity index (χ2v) is 5.62. The fourth-order valence-electron chi connectivity index (χ4n) is 2.63. The summed E-state index contributed by atoms with van der Waals surface area (Å²) >= 11 is 0. The van der Waals surface area contributed by atoms with Crippen molar-refractivity contribution in [3.63, 3.8) is 0 Å². The molecule has 1 fully saturated rings. The van der Waals surface area contributed by atoms with Crippen LogP contribution in [0.4, 0.5) is 0 Å². The number of aromatic nitrogens is 2. The Morgan fingerprint density at radius 1 is 1.47 bits per heavy atom. The molecule has 5 heteroatoms. The molecule has 0 bridgehead atoms. The van der Waals surface area contributed by atoms with Gasteiger partial charge in [0.1, 0.15) is 5.60 Å². The maximum absolute atomic E-state index is 10.2. The van der Waals surface area contributed by atoms with Crippen LogP contribution in [0.25, 0.3) is 0 Å². The Labute approximate surface area is 114 Å². The Morgan fingerprint density at radius 2 is 2.16 bits per heavy atom. The Balaban J connectivity index is 2.00. The predicted molar refractivity (Wildman–Crippen MR) is 70.6 cm³/mol. The van der Waals surface area contributed by atoms with E-state index in [1.54, 1.807) is 7.11 Å². The van der Waals surface area contributed by atoms with E-state index in [9.17, 15) is 5.11 Å². The molecule has 1 aromatic heterocycles. The van der Waals surface area contributed by atoms with Gasteiger partial charge in [-0.05, 0) is 32.1 Å². The van der Waals surface area contributed by atoms with Gasteiger partial charge < -0.3 is 14.4 Å². The molecular formula is C14H24N2O3. The topological polar surface area (TPSA) is 68.4 Å². The number of ether oxygens (including phenoxy) is 1. The van der Waals surface area contributed by atoms with Gasteiger partial charge in [-0.1, -0.05) is 24.9 Å². The molecule has 0 spiro atoms. The van der Waals surface area contributed by atoms with Crippen molar-refractivity contribution in [2.45, 2.75) is 64.1 Å². The average Bonchev–Trinajstić information content (AvgIpc) is 3.08. The number of methoxy groups -OCH3 is 1. The summed E-state index contributed by atoms with van der Waals surface area (Å²) in [4.78, 5) is 4.37. The van der Waals surface area contributed by atoms with Gasteiger partial charge in [0.25, 0.3) is 0 Å². The van der Waals surface area contributed by atoms with E-state index in [4.69, 9.17) is 9.26 Å². The quantitative estimate of drug-likeness (QED) is 0.858. The number of rotatable bonds is 6. The molecule has 5 nitrogen and oxygen atoms in total. The SMILES string of the molecule is CCC(C)(OC)c1noc(CC(O)C2CCCC2)n1. The van der Waals surface area contributed by atoms with E-state index < -0.39 is 5.60 Å². The maximum atomic E-state index is 10.2. The molecular weight excluding hydrogens is 244 g/mol. The van der Waals surface area contributed by atoms with E-state index in [0.717, 1.165) is 19.3 Å². The number of hydrogen-bond acceptors (Lipinski definition) is 5. The third-order valence-electron chi connectivity index (χ3n) is 4.39. The first-order chi connectivity index (χ1) is 9.09. The van der Waals surface area contributed by atoms with Gasteiger partial charge >= 0.3 is 0 Å². The zero-order valence-electron chi connectivity index (χ0n) is 12.1. The number of aliphatic hydroxyl groups is 1. The summed E-state index contributed by atoms with van der Waals surface area (Å²) in [5.74, 6) is 1.45. The summed E-state index contributed by atoms with van der Waals surface area (Å²) in [6.45, 7) is 3.96. The Kier molecular flexibility index (Phi) is 4.58. The molecule has 0 aliphatic heterocycles. The highest BCUT2D eigenvalue weighted by molar-refractivity contribution is 5.00. The van der Waals surface area contributed by atoms with E-state index in [-0.39, 0.29) is 6.10 Å². The van der Waals surface area contributed by atoms with Crippen molar-refractivity contribution >= 4 is 0 Å². The molecule has 19 heavy (non-hydrogen) atoms. The van der Waals surface area contributed by atoms with Crippen molar-refractivity contribution in [1.82, 2.24) is 10.1 Å². The first-order valence-corrected chi connectivity index (χ1v) is 7.15. The molecule has 0 aromatic carbocycles. The first-order valence-electron chi connectivity index (χ1n) is 7.15. The molecule has 1 saturated carbocycles. The molecule has 1 heterocycles. The van der Waals surface area contributed by atoms with Gasteiger partial charge in [0.2, 0.25) is 11.7 Å². The van der Waals surface area contributed by atoms with E-state index in [2.05, 4.69) is 10.1 Å². The van der Waals surface area contributed by atoms with Crippen molar-refractivity contribution in [2.75, 3.05) is 7.11 Å². The second-order valence-electron chi connectivity index (χ2n) is 5.62. The third kappa shape index (κ3) is 3.15. The first kappa shape index (κ1) is 14.5. The molecule has 1 aliphatic rings. The highest BCUT2D eigenvalue weighted by Gasteiger charge is 2.31. The molecule has 108 valence electrons. The molecule has 2 unspecified atom stereocenters. The monoisotopic (exact) mass is 268 g/mol. The van der Waals surface area contributed by atoms with Crippen molar-refractivity contribution in [3.8, 4) is 0 Å². The largest absolute Gasteiger partial charge is 0.392 e. The van der Waals surface area contributed by atoms with Crippen LogP contribution >= 0.6 is 0 Å². The van der Waals surface area contributed by atoms with Crippen molar-refractivity contribution in [3.05, 3.63) is 11.7 Å². The summed E-state index contributed by atoms with van der Waals surface area (Å²) < 4.78 is 10.7. The Bertz CT molecular complexity index is 395. The lowest BCUT2D eigenvalue weighted by molar-refractivity contribution is -0.0106. The highest BCUT2D eigenvalue weighted by atomic mass is 16.5. The Hall–Kier alpha value is -0.940. The molecule has 2 atom stereocenters. The van der Waals surface area contributed by atoms with Gasteiger partial charge in [-0.25, -0.2) is 0 Å². The van der Waals surface area contributed by atoms with Crippen molar-refractivity contribution in [2.24, 2.45) is 5.92 Å². The van der Waals surface area contributed by atoms with Gasteiger partial charge in [0.15, 0.2) is 0 Å². The van der Waals surface area contributed by atoms with Crippen LogP contribution in [0, 0.1) is 5.92 Å². The van der Waals surface area contributed by atoms with Gasteiger partial charge in [-0.3, -0.25) is 0 Å². The second kappa shape index (κ2) is 6.01. The maximum Gasteiger partial charge on any atom is 0.229 e. The molecule has 1 aliphatic carbocycles. The molecule has 0 radical (unpaired) electrons. The summed E-state index contributed by atoms with van der Waals surface area (Å²) in [6.07, 6.45) is 5.49. The fraction of sp³-hybridized carbons (Fsp3) is 0.857. The predicted octanol–water partition coefficient (Wildman–Crippen LogP) is 2.43. The lowest BCUT2D eigenvalue weighted by atomic mass is 9.98. The van der Waals surface area contributed by atoms with Gasteiger partial charge in [0.05, 0.1) is 12.5 Å². The highest BCUT2D eigenvalue weighted by Crippen LogP contribution is 2.30. The van der Waals surface area contributed by atoms with Crippen molar-refractivity contribution < 1.29 is 14.4 Å². The minimum atomic E-state index is -0.514. The number of aliphatic hydroxyl groups excluding tert-OH is 1. The van der Waals surface area contributed by atoms with Gasteiger partial charge in [-0.15, -0.1) is 0 Å². The third-order valence-corrected chi connectivity index (χ3v) is 4.39. The van der Waals surface area contributed by atoms with Crippen LogP contribution in [0.2, 0.25) is 0 Å². The molecule has 0 saturated heterocycles. The van der Waals surface area contributed by atoms with E-state index in [1.807, 2.05) is 13.8 Å². The number of nitrogens with zero attached hydrogens (tertiary/aromatic N) is 2. The van der Waals surface area contributed by atoms with Crippen LogP contribution in [-0.4, -0.2) is 28.5 Å². The summed E-state index contributed by atoms with van der Waals surface area (Å²) in [6, 6.07) is 0.